The Morgan fingerprint density at radius 1 is 1.17 bits per heavy atom. The molecule has 0 atom stereocenters. The highest BCUT2D eigenvalue weighted by atomic mass is 79.9. The van der Waals surface area contributed by atoms with Gasteiger partial charge >= 0.3 is 6.18 Å². The molecule has 2 rings (SSSR count). The second-order valence-corrected chi connectivity index (χ2v) is 5.65. The van der Waals surface area contributed by atoms with Crippen LogP contribution < -0.4 is 5.32 Å². The quantitative estimate of drug-likeness (QED) is 0.611. The van der Waals surface area contributed by atoms with E-state index in [0.29, 0.717) is 5.56 Å². The van der Waals surface area contributed by atoms with Crippen LogP contribution in [0.4, 0.5) is 18.9 Å². The molecule has 0 aromatic heterocycles. The summed E-state index contributed by atoms with van der Waals surface area (Å²) in [5.74, 6) is -0.564. The van der Waals surface area contributed by atoms with Gasteiger partial charge in [0.1, 0.15) is 0 Å². The van der Waals surface area contributed by atoms with Crippen molar-refractivity contribution in [3.05, 3.63) is 73.7 Å². The number of rotatable bonds is 4. The van der Waals surface area contributed by atoms with Crippen LogP contribution in [0.5, 0.6) is 0 Å². The number of benzene rings is 2. The highest BCUT2D eigenvalue weighted by Crippen LogP contribution is 2.29. The van der Waals surface area contributed by atoms with Crippen molar-refractivity contribution in [1.82, 2.24) is 5.32 Å². The van der Waals surface area contributed by atoms with Crippen LogP contribution in [-0.4, -0.2) is 10.8 Å². The topological polar surface area (TPSA) is 72.2 Å². The van der Waals surface area contributed by atoms with Crippen molar-refractivity contribution in [2.45, 2.75) is 12.7 Å². The summed E-state index contributed by atoms with van der Waals surface area (Å²) in [4.78, 5) is 22.2. The van der Waals surface area contributed by atoms with Crippen LogP contribution in [-0.2, 0) is 12.7 Å². The number of carbonyl (C=O) groups is 1. The smallest absolute Gasteiger partial charge is 0.348 e. The first-order chi connectivity index (χ1) is 11.2. The Kier molecular flexibility index (Phi) is 5.23. The van der Waals surface area contributed by atoms with Crippen LogP contribution in [0.25, 0.3) is 0 Å². The van der Waals surface area contributed by atoms with Crippen LogP contribution in [0.1, 0.15) is 21.5 Å². The second kappa shape index (κ2) is 7.00. The summed E-state index contributed by atoms with van der Waals surface area (Å²) < 4.78 is 37.6. The maximum Gasteiger partial charge on any atom is 0.416 e. The van der Waals surface area contributed by atoms with Gasteiger partial charge in [-0.05, 0) is 45.8 Å². The Bertz CT molecular complexity index is 777. The summed E-state index contributed by atoms with van der Waals surface area (Å²) in [5, 5.41) is 13.3. The van der Waals surface area contributed by atoms with E-state index in [1.807, 2.05) is 0 Å². The lowest BCUT2D eigenvalue weighted by Crippen LogP contribution is -2.23. The minimum absolute atomic E-state index is 0.000825. The zero-order valence-corrected chi connectivity index (χ0v) is 13.5. The minimum Gasteiger partial charge on any atom is -0.348 e. The third-order valence-electron chi connectivity index (χ3n) is 3.14. The molecule has 126 valence electrons. The van der Waals surface area contributed by atoms with Crippen LogP contribution in [0, 0.1) is 10.1 Å². The highest BCUT2D eigenvalue weighted by Gasteiger charge is 2.29. The number of nitrogens with zero attached hydrogens (tertiary/aromatic N) is 1. The molecule has 0 bridgehead atoms. The molecule has 24 heavy (non-hydrogen) atoms. The highest BCUT2D eigenvalue weighted by molar-refractivity contribution is 9.10. The number of hydrogen-bond acceptors (Lipinski definition) is 3. The summed E-state index contributed by atoms with van der Waals surface area (Å²) >= 11 is 3.01. The van der Waals surface area contributed by atoms with Crippen LogP contribution >= 0.6 is 15.9 Å². The van der Waals surface area contributed by atoms with E-state index in [9.17, 15) is 28.1 Å². The van der Waals surface area contributed by atoms with Gasteiger partial charge in [0, 0.05) is 18.2 Å². The van der Waals surface area contributed by atoms with Gasteiger partial charge in [-0.15, -0.1) is 0 Å². The van der Waals surface area contributed by atoms with Crippen LogP contribution in [0.2, 0.25) is 0 Å². The number of hydrogen-bond donors (Lipinski definition) is 1. The van der Waals surface area contributed by atoms with Crippen molar-refractivity contribution in [1.29, 1.82) is 0 Å². The van der Waals surface area contributed by atoms with Gasteiger partial charge < -0.3 is 5.32 Å². The first-order valence-electron chi connectivity index (χ1n) is 6.57. The molecule has 0 radical (unpaired) electrons. The first-order valence-corrected chi connectivity index (χ1v) is 7.36. The zero-order chi connectivity index (χ0) is 17.9. The largest absolute Gasteiger partial charge is 0.416 e. The molecule has 0 spiro atoms. The van der Waals surface area contributed by atoms with Crippen molar-refractivity contribution in [3.63, 3.8) is 0 Å². The predicted octanol–water partition coefficient (Wildman–Crippen LogP) is 4.31. The van der Waals surface area contributed by atoms with E-state index in [1.165, 1.54) is 24.3 Å². The number of nitro groups is 1. The average molecular weight is 403 g/mol. The van der Waals surface area contributed by atoms with E-state index >= 15 is 0 Å². The molecule has 0 fully saturated rings. The molecule has 2 aromatic carbocycles. The van der Waals surface area contributed by atoms with E-state index in [4.69, 9.17) is 0 Å². The van der Waals surface area contributed by atoms with Crippen molar-refractivity contribution in [2.75, 3.05) is 0 Å². The van der Waals surface area contributed by atoms with Crippen LogP contribution in [0.15, 0.2) is 46.9 Å². The third kappa shape index (κ3) is 4.31. The van der Waals surface area contributed by atoms with E-state index in [2.05, 4.69) is 21.2 Å². The Morgan fingerprint density at radius 3 is 2.33 bits per heavy atom. The average Bonchev–Trinajstić information content (AvgIpc) is 2.52. The first kappa shape index (κ1) is 17.9. The van der Waals surface area contributed by atoms with Gasteiger partial charge in [0.2, 0.25) is 0 Å². The number of amides is 1. The maximum absolute atomic E-state index is 12.5. The molecule has 0 heterocycles. The van der Waals surface area contributed by atoms with Gasteiger partial charge in [-0.2, -0.15) is 13.2 Å². The summed E-state index contributed by atoms with van der Waals surface area (Å²) in [6, 6.07) is 8.26. The zero-order valence-electron chi connectivity index (χ0n) is 11.9. The molecule has 5 nitrogen and oxygen atoms in total. The standard InChI is InChI=1S/C15H10BrF3N2O3/c16-12-6-3-10(7-13(12)21(23)24)14(22)20-8-9-1-4-11(5-2-9)15(17,18)19/h1-7H,8H2,(H,20,22). The van der Waals surface area contributed by atoms with Gasteiger partial charge in [0.25, 0.3) is 11.6 Å². The number of carbonyl (C=O) groups excluding carboxylic acids is 1. The molecular weight excluding hydrogens is 393 g/mol. The molecule has 0 saturated heterocycles. The Balaban J connectivity index is 2.06. The van der Waals surface area contributed by atoms with Crippen LogP contribution in [0.3, 0.4) is 0 Å². The molecule has 9 heteroatoms. The molecule has 0 aliphatic carbocycles. The summed E-state index contributed by atoms with van der Waals surface area (Å²) in [6.45, 7) is 0.000825. The fraction of sp³-hybridized carbons (Fsp3) is 0.133. The molecular formula is C15H10BrF3N2O3. The Hall–Kier alpha value is -2.42. The van der Waals surface area contributed by atoms with E-state index < -0.39 is 22.6 Å². The lowest BCUT2D eigenvalue weighted by atomic mass is 10.1. The van der Waals surface area contributed by atoms with E-state index in [-0.39, 0.29) is 22.3 Å². The van der Waals surface area contributed by atoms with Gasteiger partial charge in [0.05, 0.1) is 15.0 Å². The molecule has 2 aromatic rings. The lowest BCUT2D eigenvalue weighted by Gasteiger charge is -2.09. The molecule has 0 aliphatic heterocycles. The number of nitrogens with one attached hydrogen (secondary N) is 1. The van der Waals surface area contributed by atoms with E-state index in [0.717, 1.165) is 18.2 Å². The minimum atomic E-state index is -4.42. The number of alkyl halides is 3. The fourth-order valence-corrected chi connectivity index (χ4v) is 2.28. The summed E-state index contributed by atoms with van der Waals surface area (Å²) in [6.07, 6.45) is -4.42. The van der Waals surface area contributed by atoms with Gasteiger partial charge in [0.15, 0.2) is 0 Å². The molecule has 0 saturated carbocycles. The Morgan fingerprint density at radius 2 is 1.79 bits per heavy atom. The van der Waals surface area contributed by atoms with Gasteiger partial charge in [-0.25, -0.2) is 0 Å². The van der Waals surface area contributed by atoms with Gasteiger partial charge in [-0.3, -0.25) is 14.9 Å². The number of nitro benzene ring substituents is 1. The molecule has 0 unspecified atom stereocenters. The summed E-state index contributed by atoms with van der Waals surface area (Å²) in [5.41, 5.74) is -0.474. The molecule has 0 aliphatic rings. The predicted molar refractivity (Wildman–Crippen MR) is 83.4 cm³/mol. The fourth-order valence-electron chi connectivity index (χ4n) is 1.89. The third-order valence-corrected chi connectivity index (χ3v) is 3.81. The molecule has 1 N–H and O–H groups in total. The Labute approximate surface area is 142 Å². The number of halogens is 4. The van der Waals surface area contributed by atoms with Crippen molar-refractivity contribution < 1.29 is 22.9 Å². The molecule has 1 amide bonds. The van der Waals surface area contributed by atoms with Gasteiger partial charge in [-0.1, -0.05) is 12.1 Å². The summed E-state index contributed by atoms with van der Waals surface area (Å²) in [7, 11) is 0. The second-order valence-electron chi connectivity index (χ2n) is 4.80. The van der Waals surface area contributed by atoms with Crippen molar-refractivity contribution >= 4 is 27.5 Å². The maximum atomic E-state index is 12.5. The monoisotopic (exact) mass is 402 g/mol. The SMILES string of the molecule is O=C(NCc1ccc(C(F)(F)F)cc1)c1ccc(Br)c([N+](=O)[O-])c1. The van der Waals surface area contributed by atoms with Crippen molar-refractivity contribution in [2.24, 2.45) is 0 Å². The van der Waals surface area contributed by atoms with E-state index in [1.54, 1.807) is 0 Å². The normalized spacial score (nSPS) is 11.2. The lowest BCUT2D eigenvalue weighted by molar-refractivity contribution is -0.385. The van der Waals surface area contributed by atoms with Crippen molar-refractivity contribution in [3.8, 4) is 0 Å².